The maximum Gasteiger partial charge on any atom is 0.261 e. The summed E-state index contributed by atoms with van der Waals surface area (Å²) >= 11 is 7.54. The van der Waals surface area contributed by atoms with E-state index < -0.39 is 10.0 Å². The topological polar surface area (TPSA) is 83.5 Å². The third kappa shape index (κ3) is 5.94. The average Bonchev–Trinajstić information content (AvgIpc) is 3.18. The predicted molar refractivity (Wildman–Crippen MR) is 145 cm³/mol. The Balaban J connectivity index is 1.68. The monoisotopic (exact) mass is 542 g/mol. The maximum atomic E-state index is 13.4. The van der Waals surface area contributed by atoms with E-state index in [0.29, 0.717) is 29.2 Å². The number of hydrogen-bond donors (Lipinski definition) is 1. The lowest BCUT2D eigenvalue weighted by atomic mass is 10.0. The highest BCUT2D eigenvalue weighted by Crippen LogP contribution is 2.29. The number of hydrogen-bond acceptors (Lipinski definition) is 5. The molecule has 1 aliphatic rings. The quantitative estimate of drug-likeness (QED) is 0.287. The van der Waals surface area contributed by atoms with Crippen LogP contribution in [0.25, 0.3) is 0 Å². The predicted octanol–water partition coefficient (Wildman–Crippen LogP) is 6.11. The van der Waals surface area contributed by atoms with Gasteiger partial charge >= 0.3 is 0 Å². The van der Waals surface area contributed by atoms with E-state index in [1.807, 2.05) is 11.2 Å². The minimum atomic E-state index is -4.11. The van der Waals surface area contributed by atoms with Crippen LogP contribution in [0, 0.1) is 0 Å². The van der Waals surface area contributed by atoms with Crippen LogP contribution in [-0.2, 0) is 10.0 Å². The Hall–Kier alpha value is -2.81. The minimum Gasteiger partial charge on any atom is -0.339 e. The van der Waals surface area contributed by atoms with Gasteiger partial charge in [0.2, 0.25) is 0 Å². The molecular weight excluding hydrogens is 516 g/mol. The third-order valence-electron chi connectivity index (χ3n) is 6.11. The van der Waals surface area contributed by atoms with E-state index >= 15 is 0 Å². The second kappa shape index (κ2) is 11.5. The van der Waals surface area contributed by atoms with Gasteiger partial charge in [-0.1, -0.05) is 54.8 Å². The Bertz CT molecular complexity index is 1370. The number of nitrogens with one attached hydrogen (secondary N) is 1. The third-order valence-corrected chi connectivity index (χ3v) is 8.51. The van der Waals surface area contributed by atoms with Gasteiger partial charge in [0, 0.05) is 34.1 Å². The second-order valence-electron chi connectivity index (χ2n) is 8.56. The van der Waals surface area contributed by atoms with Crippen molar-refractivity contribution in [1.82, 2.24) is 4.90 Å². The summed E-state index contributed by atoms with van der Waals surface area (Å²) in [6.45, 7) is 1.33. The largest absolute Gasteiger partial charge is 0.339 e. The molecule has 0 saturated carbocycles. The van der Waals surface area contributed by atoms with Crippen LogP contribution >= 0.6 is 23.4 Å². The van der Waals surface area contributed by atoms with Crippen LogP contribution in [0.4, 0.5) is 5.69 Å². The fourth-order valence-electron chi connectivity index (χ4n) is 4.21. The van der Waals surface area contributed by atoms with E-state index in [4.69, 9.17) is 11.6 Å². The summed E-state index contributed by atoms with van der Waals surface area (Å²) in [6, 6.07) is 17.6. The first-order valence-corrected chi connectivity index (χ1v) is 14.8. The van der Waals surface area contributed by atoms with E-state index in [2.05, 4.69) is 4.72 Å². The molecule has 9 heteroatoms. The number of carbonyl (C=O) groups excluding carboxylic acids is 2. The molecule has 1 amide bonds. The molecule has 0 aromatic heterocycles. The van der Waals surface area contributed by atoms with Gasteiger partial charge in [0.15, 0.2) is 5.78 Å². The fraction of sp³-hybridized carbons (Fsp3) is 0.259. The first-order chi connectivity index (χ1) is 17.3. The Morgan fingerprint density at radius 1 is 0.889 bits per heavy atom. The summed E-state index contributed by atoms with van der Waals surface area (Å²) in [5.74, 6) is -0.518. The molecule has 0 radical (unpaired) electrons. The smallest absolute Gasteiger partial charge is 0.261 e. The first-order valence-electron chi connectivity index (χ1n) is 11.7. The molecule has 1 saturated heterocycles. The molecule has 0 unspecified atom stereocenters. The molecule has 3 aromatic rings. The molecule has 188 valence electrons. The number of rotatable bonds is 7. The van der Waals surface area contributed by atoms with Gasteiger partial charge in [-0.15, -0.1) is 11.8 Å². The number of carbonyl (C=O) groups is 2. The molecule has 1 N–H and O–H groups in total. The Morgan fingerprint density at radius 3 is 2.25 bits per heavy atom. The zero-order valence-corrected chi connectivity index (χ0v) is 22.3. The first kappa shape index (κ1) is 26.3. The van der Waals surface area contributed by atoms with Crippen LogP contribution in [0.5, 0.6) is 0 Å². The SMILES string of the molecule is CSc1ccc(S(=O)(=O)Nc2ccc(Cl)cc2C(=O)c2ccccc2)cc1C(=O)N1CCCCCC1. The summed E-state index contributed by atoms with van der Waals surface area (Å²) in [4.78, 5) is 28.9. The van der Waals surface area contributed by atoms with Crippen LogP contribution in [0.2, 0.25) is 5.02 Å². The number of likely N-dealkylation sites (tertiary alicyclic amines) is 1. The second-order valence-corrected chi connectivity index (χ2v) is 11.5. The van der Waals surface area contributed by atoms with Crippen molar-refractivity contribution in [2.75, 3.05) is 24.1 Å². The van der Waals surface area contributed by atoms with E-state index in [0.717, 1.165) is 30.6 Å². The van der Waals surface area contributed by atoms with Crippen molar-refractivity contribution in [3.8, 4) is 0 Å². The van der Waals surface area contributed by atoms with E-state index in [9.17, 15) is 18.0 Å². The van der Waals surface area contributed by atoms with Gasteiger partial charge in [-0.05, 0) is 55.5 Å². The van der Waals surface area contributed by atoms with Crippen molar-refractivity contribution in [2.45, 2.75) is 35.5 Å². The maximum absolute atomic E-state index is 13.4. The average molecular weight is 543 g/mol. The van der Waals surface area contributed by atoms with Crippen molar-refractivity contribution in [1.29, 1.82) is 0 Å². The van der Waals surface area contributed by atoms with E-state index in [1.165, 1.54) is 42.1 Å². The lowest BCUT2D eigenvalue weighted by molar-refractivity contribution is 0.0757. The number of nitrogens with zero attached hydrogens (tertiary/aromatic N) is 1. The molecule has 0 spiro atoms. The summed E-state index contributed by atoms with van der Waals surface area (Å²) in [6.07, 6.45) is 5.91. The van der Waals surface area contributed by atoms with Crippen LogP contribution < -0.4 is 4.72 Å². The standard InChI is InChI=1S/C27H27ClN2O4S2/c1-35-25-14-12-21(18-23(25)27(32)30-15-7-2-3-8-16-30)36(33,34)29-24-13-11-20(28)17-22(24)26(31)19-9-5-4-6-10-19/h4-6,9-14,17-18,29H,2-3,7-8,15-16H2,1H3. The highest BCUT2D eigenvalue weighted by atomic mass is 35.5. The summed E-state index contributed by atoms with van der Waals surface area (Å²) in [7, 11) is -4.11. The number of thioether (sulfide) groups is 1. The lowest BCUT2D eigenvalue weighted by Gasteiger charge is -2.22. The molecule has 0 bridgehead atoms. The van der Waals surface area contributed by atoms with Gasteiger partial charge in [0.1, 0.15) is 0 Å². The number of ketones is 1. The van der Waals surface area contributed by atoms with Gasteiger partial charge in [0.25, 0.3) is 15.9 Å². The molecule has 1 aliphatic heterocycles. The van der Waals surface area contributed by atoms with Gasteiger partial charge in [-0.2, -0.15) is 0 Å². The zero-order valence-electron chi connectivity index (χ0n) is 19.9. The normalized spacial score (nSPS) is 14.2. The van der Waals surface area contributed by atoms with Gasteiger partial charge in [0.05, 0.1) is 16.1 Å². The fourth-order valence-corrected chi connectivity index (χ4v) is 6.06. The number of benzene rings is 3. The van der Waals surface area contributed by atoms with Crippen molar-refractivity contribution < 1.29 is 18.0 Å². The molecule has 4 rings (SSSR count). The zero-order chi connectivity index (χ0) is 25.7. The Labute approximate surface area is 221 Å². The molecule has 6 nitrogen and oxygen atoms in total. The number of anilines is 1. The molecular formula is C27H27ClN2O4S2. The van der Waals surface area contributed by atoms with E-state index in [1.54, 1.807) is 36.4 Å². The lowest BCUT2D eigenvalue weighted by Crippen LogP contribution is -2.32. The highest BCUT2D eigenvalue weighted by Gasteiger charge is 2.25. The summed E-state index contributed by atoms with van der Waals surface area (Å²) in [5.41, 5.74) is 1.03. The van der Waals surface area contributed by atoms with Crippen LogP contribution in [0.1, 0.15) is 52.0 Å². The number of halogens is 1. The van der Waals surface area contributed by atoms with Crippen molar-refractivity contribution in [3.05, 3.63) is 88.4 Å². The Kier molecular flexibility index (Phi) is 8.39. The van der Waals surface area contributed by atoms with Gasteiger partial charge < -0.3 is 4.90 Å². The summed E-state index contributed by atoms with van der Waals surface area (Å²) in [5, 5.41) is 0.312. The molecule has 36 heavy (non-hydrogen) atoms. The van der Waals surface area contributed by atoms with Crippen molar-refractivity contribution >= 4 is 50.8 Å². The molecule has 3 aromatic carbocycles. The Morgan fingerprint density at radius 2 is 1.58 bits per heavy atom. The van der Waals surface area contributed by atoms with Gasteiger partial charge in [-0.3, -0.25) is 14.3 Å². The minimum absolute atomic E-state index is 0.0495. The van der Waals surface area contributed by atoms with Crippen molar-refractivity contribution in [3.63, 3.8) is 0 Å². The molecule has 0 aliphatic carbocycles. The van der Waals surface area contributed by atoms with Gasteiger partial charge in [-0.25, -0.2) is 8.42 Å². The molecule has 0 atom stereocenters. The van der Waals surface area contributed by atoms with Crippen molar-refractivity contribution in [2.24, 2.45) is 0 Å². The number of sulfonamides is 1. The molecule has 1 heterocycles. The van der Waals surface area contributed by atoms with E-state index in [-0.39, 0.29) is 27.8 Å². The summed E-state index contributed by atoms with van der Waals surface area (Å²) < 4.78 is 29.4. The van der Waals surface area contributed by atoms with Crippen LogP contribution in [0.3, 0.4) is 0 Å². The highest BCUT2D eigenvalue weighted by molar-refractivity contribution is 7.98. The molecule has 1 fully saturated rings. The van der Waals surface area contributed by atoms with Crippen LogP contribution in [0.15, 0.2) is 76.5 Å². The van der Waals surface area contributed by atoms with Crippen LogP contribution in [-0.4, -0.2) is 44.4 Å². The number of amides is 1.